The lowest BCUT2D eigenvalue weighted by atomic mass is 9.89. The van der Waals surface area contributed by atoms with Crippen LogP contribution in [0, 0.1) is 6.92 Å². The van der Waals surface area contributed by atoms with Gasteiger partial charge >= 0.3 is 0 Å². The maximum atomic E-state index is 11.3. The Balaban J connectivity index is 0.000000558. The van der Waals surface area contributed by atoms with Crippen LogP contribution in [0.5, 0.6) is 5.75 Å². The first kappa shape index (κ1) is 29.3. The van der Waals surface area contributed by atoms with Crippen molar-refractivity contribution in [2.24, 2.45) is 10.7 Å². The van der Waals surface area contributed by atoms with E-state index in [0.29, 0.717) is 36.5 Å². The lowest BCUT2D eigenvalue weighted by Crippen LogP contribution is -2.53. The molecular weight excluding hydrogens is 454 g/mol. The number of hydrogen-bond acceptors (Lipinski definition) is 6. The summed E-state index contributed by atoms with van der Waals surface area (Å²) >= 11 is 0. The van der Waals surface area contributed by atoms with Gasteiger partial charge in [0.25, 0.3) is 0 Å². The number of likely N-dealkylation sites (N-methyl/N-ethyl adjacent to an activating group) is 1. The molecule has 2 saturated heterocycles. The van der Waals surface area contributed by atoms with Gasteiger partial charge in [0.1, 0.15) is 18.2 Å². The Labute approximate surface area is 216 Å². The van der Waals surface area contributed by atoms with Crippen molar-refractivity contribution < 1.29 is 14.3 Å². The molecular formula is C28H43N5O3. The van der Waals surface area contributed by atoms with E-state index in [4.69, 9.17) is 15.2 Å². The third-order valence-corrected chi connectivity index (χ3v) is 6.32. The Bertz CT molecular complexity index is 931. The molecule has 0 aliphatic carbocycles. The quantitative estimate of drug-likeness (QED) is 0.293. The summed E-state index contributed by atoms with van der Waals surface area (Å²) in [6, 6.07) is 6.61. The number of nitrogens with two attached hydrogens (primary N) is 1. The van der Waals surface area contributed by atoms with Gasteiger partial charge in [0.2, 0.25) is 5.91 Å². The minimum Gasteiger partial charge on any atom is -0.489 e. The number of rotatable bonds is 10. The molecule has 0 radical (unpaired) electrons. The molecule has 2 aliphatic rings. The zero-order valence-corrected chi connectivity index (χ0v) is 22.3. The molecule has 1 aromatic rings. The summed E-state index contributed by atoms with van der Waals surface area (Å²) in [6.45, 7) is 20.4. The molecule has 0 saturated carbocycles. The predicted octanol–water partition coefficient (Wildman–Crippen LogP) is 2.86. The van der Waals surface area contributed by atoms with Gasteiger partial charge in [0.05, 0.1) is 13.2 Å². The minimum atomic E-state index is -0.127. The lowest BCUT2D eigenvalue weighted by Gasteiger charge is -2.43. The summed E-state index contributed by atoms with van der Waals surface area (Å²) in [4.78, 5) is 20.0. The summed E-state index contributed by atoms with van der Waals surface area (Å²) in [7, 11) is 2.11. The summed E-state index contributed by atoms with van der Waals surface area (Å²) < 4.78 is 11.0. The zero-order valence-electron chi connectivity index (χ0n) is 22.3. The first-order valence-corrected chi connectivity index (χ1v) is 12.5. The van der Waals surface area contributed by atoms with E-state index in [-0.39, 0.29) is 5.91 Å². The summed E-state index contributed by atoms with van der Waals surface area (Å²) in [5.41, 5.74) is 8.91. The number of carbonyl (C=O) groups excluding carboxylic acids is 1. The molecule has 0 bridgehead atoms. The average Bonchev–Trinajstić information content (AvgIpc) is 2.85. The first-order chi connectivity index (χ1) is 17.2. The molecule has 8 heteroatoms. The van der Waals surface area contributed by atoms with Crippen LogP contribution in [0.25, 0.3) is 0 Å². The monoisotopic (exact) mass is 497 g/mol. The highest BCUT2D eigenvalue weighted by Gasteiger charge is 2.31. The fraction of sp³-hybridized carbons (Fsp3) is 0.500. The maximum absolute atomic E-state index is 11.3. The van der Waals surface area contributed by atoms with Crippen molar-refractivity contribution in [3.05, 3.63) is 66.4 Å². The van der Waals surface area contributed by atoms with Gasteiger partial charge in [0, 0.05) is 56.5 Å². The van der Waals surface area contributed by atoms with E-state index >= 15 is 0 Å². The highest BCUT2D eigenvalue weighted by atomic mass is 16.5. The van der Waals surface area contributed by atoms with Crippen LogP contribution in [0.4, 0.5) is 0 Å². The van der Waals surface area contributed by atoms with Crippen LogP contribution in [0.2, 0.25) is 0 Å². The Morgan fingerprint density at radius 2 is 2.06 bits per heavy atom. The zero-order chi connectivity index (χ0) is 26.5. The minimum absolute atomic E-state index is 0.127. The number of nitrogens with one attached hydrogen (secondary N) is 1. The molecule has 0 aromatic heterocycles. The number of aliphatic imine (C=N–C) groups is 1. The van der Waals surface area contributed by atoms with Gasteiger partial charge in [0.15, 0.2) is 0 Å². The molecule has 2 aliphatic heterocycles. The topological polar surface area (TPSA) is 92.4 Å². The summed E-state index contributed by atoms with van der Waals surface area (Å²) in [5.74, 6) is 1.58. The Morgan fingerprint density at radius 1 is 1.36 bits per heavy atom. The number of amides is 1. The SMILES string of the molecule is C=CC(=O)NCC(C)N1CC(c2ccc(OCC(=C)C(N)=N/C=C\C)c(C)c2)C1.CN1CCOCC1. The third kappa shape index (κ3) is 9.60. The molecule has 2 heterocycles. The number of aryl methyl sites for hydroxylation is 1. The van der Waals surface area contributed by atoms with Crippen LogP contribution in [0.1, 0.15) is 30.9 Å². The van der Waals surface area contributed by atoms with Crippen molar-refractivity contribution in [1.29, 1.82) is 0 Å². The maximum Gasteiger partial charge on any atom is 0.243 e. The van der Waals surface area contributed by atoms with E-state index in [1.807, 2.05) is 26.0 Å². The van der Waals surface area contributed by atoms with Crippen molar-refractivity contribution >= 4 is 11.7 Å². The van der Waals surface area contributed by atoms with Gasteiger partial charge in [-0.2, -0.15) is 0 Å². The van der Waals surface area contributed by atoms with Crippen LogP contribution in [-0.2, 0) is 9.53 Å². The second kappa shape index (κ2) is 15.2. The fourth-order valence-corrected chi connectivity index (χ4v) is 3.76. The number of allylic oxidation sites excluding steroid dienone is 1. The van der Waals surface area contributed by atoms with Gasteiger partial charge < -0.3 is 25.4 Å². The van der Waals surface area contributed by atoms with Crippen LogP contribution in [-0.4, -0.2) is 87.2 Å². The molecule has 36 heavy (non-hydrogen) atoms. The third-order valence-electron chi connectivity index (χ3n) is 6.32. The van der Waals surface area contributed by atoms with Crippen LogP contribution in [0.3, 0.4) is 0 Å². The lowest BCUT2D eigenvalue weighted by molar-refractivity contribution is -0.116. The number of nitrogens with zero attached hydrogens (tertiary/aromatic N) is 3. The van der Waals surface area contributed by atoms with Crippen molar-refractivity contribution in [2.45, 2.75) is 32.7 Å². The number of likely N-dealkylation sites (tertiary alicyclic amines) is 1. The number of ether oxygens (including phenoxy) is 2. The van der Waals surface area contributed by atoms with Crippen LogP contribution >= 0.6 is 0 Å². The van der Waals surface area contributed by atoms with E-state index < -0.39 is 0 Å². The molecule has 0 spiro atoms. The Morgan fingerprint density at radius 3 is 2.61 bits per heavy atom. The molecule has 1 amide bonds. The van der Waals surface area contributed by atoms with Crippen molar-refractivity contribution in [3.63, 3.8) is 0 Å². The number of amidine groups is 1. The average molecular weight is 498 g/mol. The number of benzene rings is 1. The number of carbonyl (C=O) groups is 1. The van der Waals surface area contributed by atoms with Crippen LogP contribution < -0.4 is 15.8 Å². The Kier molecular flexibility index (Phi) is 12.4. The van der Waals surface area contributed by atoms with Gasteiger partial charge in [-0.25, -0.2) is 4.99 Å². The second-order valence-electron chi connectivity index (χ2n) is 9.28. The number of hydrogen-bond donors (Lipinski definition) is 2. The van der Waals surface area contributed by atoms with E-state index in [9.17, 15) is 4.79 Å². The second-order valence-corrected chi connectivity index (χ2v) is 9.28. The van der Waals surface area contributed by atoms with Crippen molar-refractivity contribution in [3.8, 4) is 5.75 Å². The van der Waals surface area contributed by atoms with Gasteiger partial charge in [-0.05, 0) is 51.1 Å². The molecule has 3 N–H and O–H groups in total. The summed E-state index contributed by atoms with van der Waals surface area (Å²) in [5, 5.41) is 2.85. The van der Waals surface area contributed by atoms with Gasteiger partial charge in [-0.3, -0.25) is 9.69 Å². The molecule has 2 fully saturated rings. The molecule has 198 valence electrons. The van der Waals surface area contributed by atoms with E-state index in [2.05, 4.69) is 59.4 Å². The smallest absolute Gasteiger partial charge is 0.243 e. The normalized spacial score (nSPS) is 18.1. The number of morpholine rings is 1. The van der Waals surface area contributed by atoms with Gasteiger partial charge in [-0.1, -0.05) is 31.4 Å². The molecule has 1 atom stereocenters. The molecule has 3 rings (SSSR count). The van der Waals surface area contributed by atoms with Gasteiger partial charge in [-0.15, -0.1) is 0 Å². The molecule has 1 unspecified atom stereocenters. The Hall–Kier alpha value is -2.94. The van der Waals surface area contributed by atoms with E-state index in [1.54, 1.807) is 6.20 Å². The van der Waals surface area contributed by atoms with Crippen molar-refractivity contribution in [2.75, 3.05) is 59.6 Å². The first-order valence-electron chi connectivity index (χ1n) is 12.5. The standard InChI is InChI=1S/C23H32N4O2.C5H11NO/c1-6-10-25-23(24)17(4)15-29-21-9-8-19(11-16(21)3)20-13-27(14-20)18(5)12-26-22(28)7-2;1-6-2-4-7-5-3-6/h6-11,18,20H,2,4,12-15H2,1,3,5H3,(H2,24,25)(H,26,28);2-5H2,1H3/b10-6-;. The van der Waals surface area contributed by atoms with Crippen molar-refractivity contribution in [1.82, 2.24) is 15.1 Å². The molecule has 1 aromatic carbocycles. The summed E-state index contributed by atoms with van der Waals surface area (Å²) in [6.07, 6.45) is 4.75. The molecule has 8 nitrogen and oxygen atoms in total. The van der Waals surface area contributed by atoms with Crippen LogP contribution in [0.15, 0.2) is 60.3 Å². The largest absolute Gasteiger partial charge is 0.489 e. The fourth-order valence-electron chi connectivity index (χ4n) is 3.76. The van der Waals surface area contributed by atoms with E-state index in [0.717, 1.165) is 50.7 Å². The predicted molar refractivity (Wildman–Crippen MR) is 148 cm³/mol. The van der Waals surface area contributed by atoms with E-state index in [1.165, 1.54) is 11.6 Å². The highest BCUT2D eigenvalue weighted by Crippen LogP contribution is 2.31. The highest BCUT2D eigenvalue weighted by molar-refractivity contribution is 5.97.